The zero-order chi connectivity index (χ0) is 20.8. The smallest absolute Gasteiger partial charge is 0.234 e. The molecule has 3 aromatic rings. The number of rotatable bonds is 8. The number of nitrogens with zero attached hydrogens (tertiary/aromatic N) is 3. The molecule has 3 rings (SSSR count). The molecule has 0 unspecified atom stereocenters. The van der Waals surface area contributed by atoms with Crippen molar-refractivity contribution >= 4 is 23.4 Å². The molecule has 0 saturated carbocycles. The molecule has 0 aliphatic carbocycles. The van der Waals surface area contributed by atoms with Gasteiger partial charge in [-0.15, -0.1) is 10.2 Å². The molecule has 0 aliphatic rings. The Labute approximate surface area is 173 Å². The maximum atomic E-state index is 13.7. The lowest BCUT2D eigenvalue weighted by molar-refractivity contribution is -0.113. The van der Waals surface area contributed by atoms with Crippen LogP contribution in [0.4, 0.5) is 10.1 Å². The average Bonchev–Trinajstić information content (AvgIpc) is 3.10. The highest BCUT2D eigenvalue weighted by atomic mass is 32.2. The largest absolute Gasteiger partial charge is 0.483 e. The van der Waals surface area contributed by atoms with Gasteiger partial charge in [-0.25, -0.2) is 4.39 Å². The maximum Gasteiger partial charge on any atom is 0.234 e. The number of hydrogen-bond acceptors (Lipinski definition) is 5. The molecule has 0 radical (unpaired) electrons. The van der Waals surface area contributed by atoms with Gasteiger partial charge in [0.25, 0.3) is 0 Å². The lowest BCUT2D eigenvalue weighted by Crippen LogP contribution is -2.15. The van der Waals surface area contributed by atoms with Crippen LogP contribution in [0.25, 0.3) is 0 Å². The molecule has 0 fully saturated rings. The number of carbonyl (C=O) groups is 1. The summed E-state index contributed by atoms with van der Waals surface area (Å²) in [6.07, 6.45) is 0. The second-order valence-electron chi connectivity index (χ2n) is 6.52. The lowest BCUT2D eigenvalue weighted by Gasteiger charge is -2.10. The van der Waals surface area contributed by atoms with Gasteiger partial charge in [0.05, 0.1) is 5.75 Å². The number of thioether (sulfide) groups is 1. The molecular formula is C21H23FN4O2S. The summed E-state index contributed by atoms with van der Waals surface area (Å²) in [6, 6.07) is 12.2. The number of hydrogen-bond donors (Lipinski definition) is 1. The number of anilines is 1. The first-order valence-corrected chi connectivity index (χ1v) is 10.3. The summed E-state index contributed by atoms with van der Waals surface area (Å²) in [5.74, 6) is 0.416. The molecule has 1 aromatic heterocycles. The van der Waals surface area contributed by atoms with Gasteiger partial charge in [0.2, 0.25) is 5.91 Å². The summed E-state index contributed by atoms with van der Waals surface area (Å²) in [5, 5.41) is 11.8. The van der Waals surface area contributed by atoms with Crippen LogP contribution in [0.2, 0.25) is 0 Å². The van der Waals surface area contributed by atoms with Crippen LogP contribution in [-0.2, 0) is 17.9 Å². The molecule has 2 aromatic carbocycles. The van der Waals surface area contributed by atoms with E-state index in [1.807, 2.05) is 43.5 Å². The molecule has 1 N–H and O–H groups in total. The highest BCUT2D eigenvalue weighted by molar-refractivity contribution is 7.99. The highest BCUT2D eigenvalue weighted by Gasteiger charge is 2.15. The number of aryl methyl sites for hydroxylation is 2. The van der Waals surface area contributed by atoms with Gasteiger partial charge in [-0.05, 0) is 50.1 Å². The standard InChI is InChI=1S/C21H23FN4O2S/c1-4-26-19(12-28-18-8-6-5-7-16(18)22)24-25-21(26)29-13-20(27)23-17-11-14(2)9-10-15(17)3/h5-11H,4,12-13H2,1-3H3,(H,23,27). The van der Waals surface area contributed by atoms with E-state index in [2.05, 4.69) is 15.5 Å². The van der Waals surface area contributed by atoms with Crippen molar-refractivity contribution in [1.29, 1.82) is 0 Å². The number of ether oxygens (including phenoxy) is 1. The van der Waals surface area contributed by atoms with Gasteiger partial charge >= 0.3 is 0 Å². The fraction of sp³-hybridized carbons (Fsp3) is 0.286. The van der Waals surface area contributed by atoms with E-state index in [0.29, 0.717) is 17.5 Å². The molecule has 0 aliphatic heterocycles. The van der Waals surface area contributed by atoms with E-state index < -0.39 is 5.82 Å². The van der Waals surface area contributed by atoms with Gasteiger partial charge < -0.3 is 14.6 Å². The molecule has 152 valence electrons. The van der Waals surface area contributed by atoms with E-state index in [9.17, 15) is 9.18 Å². The number of carbonyl (C=O) groups excluding carboxylic acids is 1. The van der Waals surface area contributed by atoms with Gasteiger partial charge in [-0.1, -0.05) is 36.0 Å². The molecular weight excluding hydrogens is 391 g/mol. The fourth-order valence-electron chi connectivity index (χ4n) is 2.74. The van der Waals surface area contributed by atoms with E-state index in [4.69, 9.17) is 4.74 Å². The molecule has 0 bridgehead atoms. The van der Waals surface area contributed by atoms with Gasteiger partial charge in [0.1, 0.15) is 6.61 Å². The van der Waals surface area contributed by atoms with Crippen molar-refractivity contribution in [3.05, 3.63) is 65.2 Å². The Kier molecular flexibility index (Phi) is 6.87. The van der Waals surface area contributed by atoms with Crippen molar-refractivity contribution in [1.82, 2.24) is 14.8 Å². The summed E-state index contributed by atoms with van der Waals surface area (Å²) in [6.45, 7) is 6.60. The minimum atomic E-state index is -0.423. The minimum Gasteiger partial charge on any atom is -0.483 e. The first-order valence-electron chi connectivity index (χ1n) is 9.27. The van der Waals surface area contributed by atoms with Crippen molar-refractivity contribution < 1.29 is 13.9 Å². The molecule has 0 spiro atoms. The molecule has 1 amide bonds. The van der Waals surface area contributed by atoms with Gasteiger partial charge in [-0.2, -0.15) is 0 Å². The zero-order valence-corrected chi connectivity index (χ0v) is 17.4. The Hall–Kier alpha value is -2.87. The predicted octanol–water partition coefficient (Wildman–Crippen LogP) is 4.36. The van der Waals surface area contributed by atoms with Crippen molar-refractivity contribution in [2.75, 3.05) is 11.1 Å². The molecule has 29 heavy (non-hydrogen) atoms. The number of nitrogens with one attached hydrogen (secondary N) is 1. The van der Waals surface area contributed by atoms with Crippen LogP contribution < -0.4 is 10.1 Å². The summed E-state index contributed by atoms with van der Waals surface area (Å²) in [5.41, 5.74) is 2.91. The topological polar surface area (TPSA) is 69.0 Å². The highest BCUT2D eigenvalue weighted by Crippen LogP contribution is 2.21. The Bertz CT molecular complexity index is 1010. The lowest BCUT2D eigenvalue weighted by atomic mass is 10.1. The number of halogens is 1. The van der Waals surface area contributed by atoms with Crippen molar-refractivity contribution in [3.63, 3.8) is 0 Å². The monoisotopic (exact) mass is 414 g/mol. The molecule has 8 heteroatoms. The van der Waals surface area contributed by atoms with Crippen LogP contribution in [0.5, 0.6) is 5.75 Å². The Morgan fingerprint density at radius 2 is 2.00 bits per heavy atom. The number of aromatic nitrogens is 3. The number of benzene rings is 2. The molecule has 6 nitrogen and oxygen atoms in total. The molecule has 0 atom stereocenters. The normalized spacial score (nSPS) is 10.8. The van der Waals surface area contributed by atoms with Crippen LogP contribution in [0.3, 0.4) is 0 Å². The van der Waals surface area contributed by atoms with Gasteiger partial charge in [-0.3, -0.25) is 4.79 Å². The molecule has 1 heterocycles. The van der Waals surface area contributed by atoms with E-state index in [1.165, 1.54) is 17.8 Å². The summed E-state index contributed by atoms with van der Waals surface area (Å²) >= 11 is 1.30. The first-order chi connectivity index (χ1) is 14.0. The second kappa shape index (κ2) is 9.56. The van der Waals surface area contributed by atoms with Crippen LogP contribution in [0.1, 0.15) is 23.9 Å². The predicted molar refractivity (Wildman–Crippen MR) is 112 cm³/mol. The van der Waals surface area contributed by atoms with E-state index in [1.54, 1.807) is 18.2 Å². The Balaban J connectivity index is 1.60. The van der Waals surface area contributed by atoms with Crippen LogP contribution in [0, 0.1) is 19.7 Å². The zero-order valence-electron chi connectivity index (χ0n) is 16.6. The van der Waals surface area contributed by atoms with Crippen LogP contribution in [0.15, 0.2) is 47.6 Å². The molecule has 0 saturated heterocycles. The van der Waals surface area contributed by atoms with E-state index in [0.717, 1.165) is 16.8 Å². The van der Waals surface area contributed by atoms with Gasteiger partial charge in [0, 0.05) is 12.2 Å². The minimum absolute atomic E-state index is 0.0943. The van der Waals surface area contributed by atoms with Crippen molar-refractivity contribution in [3.8, 4) is 5.75 Å². The van der Waals surface area contributed by atoms with E-state index in [-0.39, 0.29) is 24.0 Å². The average molecular weight is 415 g/mol. The quantitative estimate of drug-likeness (QED) is 0.555. The van der Waals surface area contributed by atoms with Crippen LogP contribution in [-0.4, -0.2) is 26.4 Å². The summed E-state index contributed by atoms with van der Waals surface area (Å²) in [7, 11) is 0. The number of amides is 1. The summed E-state index contributed by atoms with van der Waals surface area (Å²) < 4.78 is 21.1. The van der Waals surface area contributed by atoms with Crippen LogP contribution >= 0.6 is 11.8 Å². The number of para-hydroxylation sites is 1. The first kappa shape index (κ1) is 20.9. The Morgan fingerprint density at radius 1 is 1.21 bits per heavy atom. The summed E-state index contributed by atoms with van der Waals surface area (Å²) in [4.78, 5) is 12.3. The Morgan fingerprint density at radius 3 is 2.76 bits per heavy atom. The van der Waals surface area contributed by atoms with Crippen molar-refractivity contribution in [2.45, 2.75) is 39.1 Å². The third kappa shape index (κ3) is 5.35. The third-order valence-electron chi connectivity index (χ3n) is 4.30. The van der Waals surface area contributed by atoms with Crippen molar-refractivity contribution in [2.24, 2.45) is 0 Å². The maximum absolute atomic E-state index is 13.7. The van der Waals surface area contributed by atoms with Gasteiger partial charge in [0.15, 0.2) is 22.5 Å². The fourth-order valence-corrected chi connectivity index (χ4v) is 3.56. The van der Waals surface area contributed by atoms with E-state index >= 15 is 0 Å². The SMILES string of the molecule is CCn1c(COc2ccccc2F)nnc1SCC(=O)Nc1cc(C)ccc1C. The third-order valence-corrected chi connectivity index (χ3v) is 5.27. The second-order valence-corrected chi connectivity index (χ2v) is 7.46.